The van der Waals surface area contributed by atoms with E-state index in [1.165, 1.54) is 31.3 Å². The van der Waals surface area contributed by atoms with Crippen LogP contribution in [0.15, 0.2) is 11.6 Å². The zero-order valence-corrected chi connectivity index (χ0v) is 8.27. The highest BCUT2D eigenvalue weighted by Gasteiger charge is 2.32. The summed E-state index contributed by atoms with van der Waals surface area (Å²) in [6, 6.07) is 0. The minimum Gasteiger partial charge on any atom is -0.392 e. The molecule has 1 fully saturated rings. The van der Waals surface area contributed by atoms with Crippen LogP contribution < -0.4 is 0 Å². The van der Waals surface area contributed by atoms with Crippen molar-refractivity contribution in [3.05, 3.63) is 11.6 Å². The van der Waals surface area contributed by atoms with Gasteiger partial charge in [0.25, 0.3) is 0 Å². The van der Waals surface area contributed by atoms with Crippen LogP contribution in [-0.2, 0) is 0 Å². The molecule has 1 heteroatoms. The number of aliphatic hydroxyl groups excluding tert-OH is 1. The topological polar surface area (TPSA) is 20.2 Å². The van der Waals surface area contributed by atoms with Gasteiger partial charge in [-0.05, 0) is 36.7 Å². The Morgan fingerprint density at radius 3 is 2.33 bits per heavy atom. The van der Waals surface area contributed by atoms with Crippen LogP contribution in [0.2, 0.25) is 0 Å². The van der Waals surface area contributed by atoms with Gasteiger partial charge in [-0.1, -0.05) is 26.3 Å². The highest BCUT2D eigenvalue weighted by Crippen LogP contribution is 2.45. The molecule has 0 atom stereocenters. The lowest BCUT2D eigenvalue weighted by molar-refractivity contribution is 0.192. The predicted molar refractivity (Wildman–Crippen MR) is 52.0 cm³/mol. The largest absolute Gasteiger partial charge is 0.392 e. The maximum absolute atomic E-state index is 9.04. The fourth-order valence-corrected chi connectivity index (χ4v) is 1.92. The van der Waals surface area contributed by atoms with Crippen LogP contribution in [-0.4, -0.2) is 11.7 Å². The molecule has 12 heavy (non-hydrogen) atoms. The summed E-state index contributed by atoms with van der Waals surface area (Å²) in [6.45, 7) is 4.61. The molecule has 0 amide bonds. The van der Waals surface area contributed by atoms with Gasteiger partial charge in [0.05, 0.1) is 6.61 Å². The van der Waals surface area contributed by atoms with E-state index < -0.39 is 0 Å². The van der Waals surface area contributed by atoms with Crippen molar-refractivity contribution in [3.63, 3.8) is 0 Å². The number of hydrogen-bond acceptors (Lipinski definition) is 1. The summed E-state index contributed by atoms with van der Waals surface area (Å²) < 4.78 is 0. The normalized spacial score (nSPS) is 22.1. The average molecular weight is 168 g/mol. The molecule has 1 nitrogen and oxygen atoms in total. The summed E-state index contributed by atoms with van der Waals surface area (Å²) >= 11 is 0. The molecule has 0 saturated heterocycles. The van der Waals surface area contributed by atoms with Gasteiger partial charge in [-0.3, -0.25) is 0 Å². The molecule has 0 radical (unpaired) electrons. The average Bonchev–Trinajstić information content (AvgIpc) is 2.05. The van der Waals surface area contributed by atoms with Gasteiger partial charge in [0.1, 0.15) is 0 Å². The molecule has 1 saturated carbocycles. The lowest BCUT2D eigenvalue weighted by Gasteiger charge is -2.39. The van der Waals surface area contributed by atoms with Gasteiger partial charge in [0.15, 0.2) is 0 Å². The van der Waals surface area contributed by atoms with Crippen molar-refractivity contribution < 1.29 is 5.11 Å². The first-order valence-electron chi connectivity index (χ1n) is 5.08. The molecular weight excluding hydrogens is 148 g/mol. The zero-order valence-electron chi connectivity index (χ0n) is 8.27. The highest BCUT2D eigenvalue weighted by molar-refractivity contribution is 5.12. The molecular formula is C11H20O. The van der Waals surface area contributed by atoms with Gasteiger partial charge < -0.3 is 5.11 Å². The Kier molecular flexibility index (Phi) is 3.33. The van der Waals surface area contributed by atoms with Gasteiger partial charge in [-0.2, -0.15) is 0 Å². The van der Waals surface area contributed by atoms with Crippen LogP contribution >= 0.6 is 0 Å². The summed E-state index contributed by atoms with van der Waals surface area (Å²) in [4.78, 5) is 0. The van der Waals surface area contributed by atoms with E-state index in [0.717, 1.165) is 6.42 Å². The fourth-order valence-electron chi connectivity index (χ4n) is 1.92. The second kappa shape index (κ2) is 4.08. The van der Waals surface area contributed by atoms with Crippen LogP contribution in [0.4, 0.5) is 0 Å². The summed E-state index contributed by atoms with van der Waals surface area (Å²) in [5.74, 6) is 0. The summed E-state index contributed by atoms with van der Waals surface area (Å²) in [5.41, 5.74) is 1.69. The monoisotopic (exact) mass is 168 g/mol. The Labute approximate surface area is 75.5 Å². The van der Waals surface area contributed by atoms with Gasteiger partial charge in [-0.15, -0.1) is 0 Å². The summed E-state index contributed by atoms with van der Waals surface area (Å²) in [7, 11) is 0. The Morgan fingerprint density at radius 1 is 1.42 bits per heavy atom. The molecule has 1 aliphatic rings. The minimum atomic E-state index is 0.248. The first-order valence-corrected chi connectivity index (χ1v) is 5.08. The van der Waals surface area contributed by atoms with Crippen LogP contribution in [0.25, 0.3) is 0 Å². The first-order chi connectivity index (χ1) is 5.76. The molecule has 0 spiro atoms. The quantitative estimate of drug-likeness (QED) is 0.640. The summed E-state index contributed by atoms with van der Waals surface area (Å²) in [5, 5.41) is 9.04. The van der Waals surface area contributed by atoms with E-state index in [4.69, 9.17) is 5.11 Å². The van der Waals surface area contributed by atoms with Crippen LogP contribution in [0.3, 0.4) is 0 Å². The predicted octanol–water partition coefficient (Wildman–Crippen LogP) is 2.90. The van der Waals surface area contributed by atoms with E-state index in [2.05, 4.69) is 19.9 Å². The smallest absolute Gasteiger partial charge is 0.0641 e. The van der Waals surface area contributed by atoms with E-state index in [1.54, 1.807) is 0 Å². The van der Waals surface area contributed by atoms with E-state index in [9.17, 15) is 0 Å². The lowest BCUT2D eigenvalue weighted by atomic mass is 9.66. The molecule has 0 heterocycles. The number of rotatable bonds is 4. The molecule has 0 aromatic heterocycles. The maximum atomic E-state index is 9.04. The van der Waals surface area contributed by atoms with Crippen molar-refractivity contribution in [1.29, 1.82) is 0 Å². The van der Waals surface area contributed by atoms with E-state index in [1.807, 2.05) is 0 Å². The molecule has 0 aromatic rings. The second-order valence-electron chi connectivity index (χ2n) is 3.88. The van der Waals surface area contributed by atoms with Gasteiger partial charge in [0.2, 0.25) is 0 Å². The van der Waals surface area contributed by atoms with Crippen LogP contribution in [0, 0.1) is 5.41 Å². The van der Waals surface area contributed by atoms with Crippen LogP contribution in [0.1, 0.15) is 46.0 Å². The SMILES string of the molecule is CC/C(=C\C1(CC)CCC1)CO. The Morgan fingerprint density at radius 2 is 2.08 bits per heavy atom. The van der Waals surface area contributed by atoms with E-state index in [0.29, 0.717) is 5.41 Å². The first kappa shape index (κ1) is 9.79. The third-order valence-corrected chi connectivity index (χ3v) is 3.22. The van der Waals surface area contributed by atoms with Crippen molar-refractivity contribution in [2.45, 2.75) is 46.0 Å². The standard InChI is InChI=1S/C11H20O/c1-3-10(9-12)8-11(4-2)6-5-7-11/h8,12H,3-7,9H2,1-2H3/b10-8+. The molecule has 0 aromatic carbocycles. The van der Waals surface area contributed by atoms with Crippen LogP contribution in [0.5, 0.6) is 0 Å². The zero-order chi connectivity index (χ0) is 9.03. The molecule has 0 aliphatic heterocycles. The molecule has 1 rings (SSSR count). The third kappa shape index (κ3) is 1.89. The lowest BCUT2D eigenvalue weighted by Crippen LogP contribution is -2.26. The molecule has 0 unspecified atom stereocenters. The molecule has 70 valence electrons. The number of aliphatic hydroxyl groups is 1. The van der Waals surface area contributed by atoms with Crippen molar-refractivity contribution in [3.8, 4) is 0 Å². The van der Waals surface area contributed by atoms with Gasteiger partial charge in [0, 0.05) is 0 Å². The van der Waals surface area contributed by atoms with Crippen molar-refractivity contribution in [2.75, 3.05) is 6.61 Å². The number of hydrogen-bond donors (Lipinski definition) is 1. The Hall–Kier alpha value is -0.300. The molecule has 1 aliphatic carbocycles. The van der Waals surface area contributed by atoms with Crippen molar-refractivity contribution >= 4 is 0 Å². The Balaban J connectivity index is 2.60. The van der Waals surface area contributed by atoms with Crippen molar-refractivity contribution in [2.24, 2.45) is 5.41 Å². The molecule has 0 bridgehead atoms. The molecule has 1 N–H and O–H groups in total. The van der Waals surface area contributed by atoms with Gasteiger partial charge >= 0.3 is 0 Å². The minimum absolute atomic E-state index is 0.248. The highest BCUT2D eigenvalue weighted by atomic mass is 16.3. The maximum Gasteiger partial charge on any atom is 0.0641 e. The van der Waals surface area contributed by atoms with E-state index >= 15 is 0 Å². The van der Waals surface area contributed by atoms with E-state index in [-0.39, 0.29) is 6.61 Å². The fraction of sp³-hybridized carbons (Fsp3) is 0.818. The second-order valence-corrected chi connectivity index (χ2v) is 3.88. The third-order valence-electron chi connectivity index (χ3n) is 3.22. The Bertz CT molecular complexity index is 154. The van der Waals surface area contributed by atoms with Crippen molar-refractivity contribution in [1.82, 2.24) is 0 Å². The number of allylic oxidation sites excluding steroid dienone is 1. The van der Waals surface area contributed by atoms with Gasteiger partial charge in [-0.25, -0.2) is 0 Å². The summed E-state index contributed by atoms with van der Waals surface area (Å²) in [6.07, 6.45) is 8.58.